The molecule has 0 aromatic carbocycles. The lowest BCUT2D eigenvalue weighted by Gasteiger charge is -2.27. The molecule has 0 aliphatic heterocycles. The Hall–Kier alpha value is -0.740. The van der Waals surface area contributed by atoms with Crippen molar-refractivity contribution >= 4 is 11.6 Å². The standard InChI is InChI=1S/C29H56O4/c1-4-7-10-12-14-16-18-20-22-24-27(30)29(33-32,26-9-6-3)28(31)25-23-21-19-17-15-13-11-8-5-2/h32H,4-26H2,1-3H3. The first-order chi connectivity index (χ1) is 16.1. The van der Waals surface area contributed by atoms with Crippen molar-refractivity contribution < 1.29 is 19.7 Å². The van der Waals surface area contributed by atoms with Crippen molar-refractivity contribution in [3.8, 4) is 0 Å². The maximum absolute atomic E-state index is 13.0. The first-order valence-corrected chi connectivity index (χ1v) is 14.5. The van der Waals surface area contributed by atoms with E-state index in [4.69, 9.17) is 4.89 Å². The molecule has 0 radical (unpaired) electrons. The molecule has 4 heteroatoms. The van der Waals surface area contributed by atoms with Gasteiger partial charge in [-0.3, -0.25) is 14.8 Å². The van der Waals surface area contributed by atoms with E-state index >= 15 is 0 Å². The Bertz CT molecular complexity index is 427. The van der Waals surface area contributed by atoms with E-state index in [2.05, 4.69) is 13.8 Å². The van der Waals surface area contributed by atoms with Gasteiger partial charge in [-0.1, -0.05) is 130 Å². The predicted molar refractivity (Wildman–Crippen MR) is 140 cm³/mol. The molecule has 0 heterocycles. The molecule has 0 amide bonds. The molecule has 0 unspecified atom stereocenters. The van der Waals surface area contributed by atoms with Gasteiger partial charge in [0, 0.05) is 12.8 Å². The van der Waals surface area contributed by atoms with Gasteiger partial charge in [-0.2, -0.15) is 0 Å². The van der Waals surface area contributed by atoms with Gasteiger partial charge < -0.3 is 0 Å². The van der Waals surface area contributed by atoms with Crippen LogP contribution in [0.25, 0.3) is 0 Å². The van der Waals surface area contributed by atoms with E-state index in [1.165, 1.54) is 77.0 Å². The van der Waals surface area contributed by atoms with E-state index < -0.39 is 5.60 Å². The maximum Gasteiger partial charge on any atom is 0.218 e. The third-order valence-corrected chi connectivity index (χ3v) is 6.95. The smallest absolute Gasteiger partial charge is 0.218 e. The molecule has 0 aliphatic rings. The van der Waals surface area contributed by atoms with Crippen LogP contribution in [0.3, 0.4) is 0 Å². The fraction of sp³-hybridized carbons (Fsp3) is 0.931. The third kappa shape index (κ3) is 15.7. The van der Waals surface area contributed by atoms with E-state index in [-0.39, 0.29) is 11.6 Å². The van der Waals surface area contributed by atoms with Gasteiger partial charge in [-0.15, -0.1) is 0 Å². The number of carbonyl (C=O) groups is 2. The van der Waals surface area contributed by atoms with Gasteiger partial charge in [-0.25, -0.2) is 4.89 Å². The van der Waals surface area contributed by atoms with Crippen molar-refractivity contribution in [3.63, 3.8) is 0 Å². The number of ketones is 2. The van der Waals surface area contributed by atoms with Crippen LogP contribution in [-0.4, -0.2) is 22.4 Å². The van der Waals surface area contributed by atoms with Crippen LogP contribution in [-0.2, 0) is 14.5 Å². The monoisotopic (exact) mass is 468 g/mol. The Morgan fingerprint density at radius 3 is 1.12 bits per heavy atom. The summed E-state index contributed by atoms with van der Waals surface area (Å²) in [4.78, 5) is 30.7. The highest BCUT2D eigenvalue weighted by molar-refractivity contribution is 6.10. The van der Waals surface area contributed by atoms with E-state index in [9.17, 15) is 14.8 Å². The van der Waals surface area contributed by atoms with Crippen molar-refractivity contribution in [2.75, 3.05) is 0 Å². The van der Waals surface area contributed by atoms with Crippen molar-refractivity contribution in [3.05, 3.63) is 0 Å². The lowest BCUT2D eigenvalue weighted by Crippen LogP contribution is -2.48. The number of carbonyl (C=O) groups excluding carboxylic acids is 2. The topological polar surface area (TPSA) is 63.6 Å². The zero-order valence-electron chi connectivity index (χ0n) is 22.4. The Labute approximate surface area is 205 Å². The van der Waals surface area contributed by atoms with Crippen LogP contribution in [0.15, 0.2) is 0 Å². The Balaban J connectivity index is 4.33. The van der Waals surface area contributed by atoms with Gasteiger partial charge in [0.1, 0.15) is 0 Å². The summed E-state index contributed by atoms with van der Waals surface area (Å²) in [5.41, 5.74) is -1.63. The molecule has 0 atom stereocenters. The zero-order valence-corrected chi connectivity index (χ0v) is 22.4. The van der Waals surface area contributed by atoms with Crippen molar-refractivity contribution in [1.82, 2.24) is 0 Å². The quantitative estimate of drug-likeness (QED) is 0.0594. The minimum Gasteiger partial charge on any atom is -0.296 e. The fourth-order valence-electron chi connectivity index (χ4n) is 4.60. The Kier molecular flexibility index (Phi) is 22.5. The highest BCUT2D eigenvalue weighted by Crippen LogP contribution is 2.27. The second-order valence-corrected chi connectivity index (χ2v) is 10.0. The molecule has 0 saturated carbocycles. The molecule has 0 aromatic rings. The van der Waals surface area contributed by atoms with E-state index in [1.54, 1.807) is 0 Å². The molecule has 0 saturated heterocycles. The first kappa shape index (κ1) is 32.3. The van der Waals surface area contributed by atoms with Gasteiger partial charge in [-0.05, 0) is 25.7 Å². The summed E-state index contributed by atoms with van der Waals surface area (Å²) in [5.74, 6) is -0.440. The lowest BCUT2D eigenvalue weighted by atomic mass is 9.83. The van der Waals surface area contributed by atoms with Crippen LogP contribution in [0.5, 0.6) is 0 Å². The van der Waals surface area contributed by atoms with Crippen LogP contribution >= 0.6 is 0 Å². The minimum absolute atomic E-state index is 0.220. The molecule has 0 aliphatic carbocycles. The molecule has 0 aromatic heterocycles. The normalized spacial score (nSPS) is 11.8. The summed E-state index contributed by atoms with van der Waals surface area (Å²) >= 11 is 0. The van der Waals surface area contributed by atoms with E-state index in [0.29, 0.717) is 25.7 Å². The summed E-state index contributed by atoms with van der Waals surface area (Å²) in [7, 11) is 0. The molecule has 0 fully saturated rings. The fourth-order valence-corrected chi connectivity index (χ4v) is 4.60. The molecular weight excluding hydrogens is 412 g/mol. The Morgan fingerprint density at radius 1 is 0.515 bits per heavy atom. The van der Waals surface area contributed by atoms with Crippen LogP contribution in [0.4, 0.5) is 0 Å². The van der Waals surface area contributed by atoms with Crippen molar-refractivity contribution in [2.24, 2.45) is 0 Å². The van der Waals surface area contributed by atoms with Crippen LogP contribution < -0.4 is 0 Å². The van der Waals surface area contributed by atoms with Crippen molar-refractivity contribution in [1.29, 1.82) is 0 Å². The highest BCUT2D eigenvalue weighted by Gasteiger charge is 2.45. The van der Waals surface area contributed by atoms with Crippen molar-refractivity contribution in [2.45, 2.75) is 174 Å². The van der Waals surface area contributed by atoms with Crippen LogP contribution in [0.2, 0.25) is 0 Å². The lowest BCUT2D eigenvalue weighted by molar-refractivity contribution is -0.302. The summed E-state index contributed by atoms with van der Waals surface area (Å²) in [6.07, 6.45) is 23.7. The predicted octanol–water partition coefficient (Wildman–Crippen LogP) is 9.38. The summed E-state index contributed by atoms with van der Waals surface area (Å²) in [5, 5.41) is 9.69. The number of hydrogen-bond acceptors (Lipinski definition) is 4. The van der Waals surface area contributed by atoms with E-state index in [1.807, 2.05) is 6.92 Å². The molecule has 33 heavy (non-hydrogen) atoms. The summed E-state index contributed by atoms with van der Waals surface area (Å²) in [6.45, 7) is 6.49. The van der Waals surface area contributed by atoms with Gasteiger partial charge in [0.2, 0.25) is 5.60 Å². The van der Waals surface area contributed by atoms with Crippen LogP contribution in [0, 0.1) is 0 Å². The molecule has 0 spiro atoms. The first-order valence-electron chi connectivity index (χ1n) is 14.5. The number of rotatable bonds is 26. The SMILES string of the molecule is CCCCCCCCCCCC(=O)C(CCCC)(OO)C(=O)CCCCCCCCCCC. The summed E-state index contributed by atoms with van der Waals surface area (Å²) < 4.78 is 0. The average molecular weight is 469 g/mol. The number of Topliss-reactive ketones (excluding diaryl/α,β-unsaturated/α-hetero) is 2. The highest BCUT2D eigenvalue weighted by atomic mass is 17.1. The third-order valence-electron chi connectivity index (χ3n) is 6.95. The molecule has 0 rings (SSSR count). The number of unbranched alkanes of at least 4 members (excludes halogenated alkanes) is 17. The molecule has 4 nitrogen and oxygen atoms in total. The van der Waals surface area contributed by atoms with Gasteiger partial charge >= 0.3 is 0 Å². The largest absolute Gasteiger partial charge is 0.296 e. The molecular formula is C29H56O4. The Morgan fingerprint density at radius 2 is 0.818 bits per heavy atom. The van der Waals surface area contributed by atoms with Gasteiger partial charge in [0.15, 0.2) is 11.6 Å². The second kappa shape index (κ2) is 23.0. The van der Waals surface area contributed by atoms with Gasteiger partial charge in [0.05, 0.1) is 0 Å². The molecule has 196 valence electrons. The molecule has 0 bridgehead atoms. The zero-order chi connectivity index (χ0) is 24.6. The summed E-state index contributed by atoms with van der Waals surface area (Å²) in [6, 6.07) is 0. The second-order valence-electron chi connectivity index (χ2n) is 10.0. The van der Waals surface area contributed by atoms with E-state index in [0.717, 1.165) is 44.9 Å². The maximum atomic E-state index is 13.0. The van der Waals surface area contributed by atoms with Gasteiger partial charge in [0.25, 0.3) is 0 Å². The molecule has 1 N–H and O–H groups in total. The number of hydrogen-bond donors (Lipinski definition) is 1. The van der Waals surface area contributed by atoms with Crippen LogP contribution in [0.1, 0.15) is 168 Å². The average Bonchev–Trinajstić information content (AvgIpc) is 2.82. The minimum atomic E-state index is -1.63.